The molecule has 0 unspecified atom stereocenters. The summed E-state index contributed by atoms with van der Waals surface area (Å²) in [7, 11) is 0. The standard InChI is InChI=1S/C14H14BrClN2O3/c1-2-21-13(19)11-10(7-15)17-14(20)18-12(11)8-3-5-9(16)6-4-8/h3-7,11-12H,2H2,1H3,(H2,17,18,20)/b10-7+/t11-,12-/m0/s1. The van der Waals surface area contributed by atoms with Gasteiger partial charge in [-0.05, 0) is 24.6 Å². The summed E-state index contributed by atoms with van der Waals surface area (Å²) in [5.74, 6) is -1.06. The van der Waals surface area contributed by atoms with Gasteiger partial charge in [0.25, 0.3) is 0 Å². The molecule has 5 nitrogen and oxygen atoms in total. The zero-order valence-electron chi connectivity index (χ0n) is 11.2. The Balaban J connectivity index is 2.39. The van der Waals surface area contributed by atoms with E-state index < -0.39 is 17.9 Å². The van der Waals surface area contributed by atoms with Crippen LogP contribution < -0.4 is 10.6 Å². The molecule has 1 heterocycles. The minimum absolute atomic E-state index is 0.270. The third kappa shape index (κ3) is 3.57. The Hall–Kier alpha value is -1.53. The first kappa shape index (κ1) is 15.9. The largest absolute Gasteiger partial charge is 0.465 e. The summed E-state index contributed by atoms with van der Waals surface area (Å²) in [6.07, 6.45) is 0. The lowest BCUT2D eigenvalue weighted by Crippen LogP contribution is -2.51. The van der Waals surface area contributed by atoms with Crippen molar-refractivity contribution >= 4 is 39.5 Å². The lowest BCUT2D eigenvalue weighted by Gasteiger charge is -2.33. The number of carbonyl (C=O) groups excluding carboxylic acids is 2. The second-order valence-corrected chi connectivity index (χ2v) is 5.32. The summed E-state index contributed by atoms with van der Waals surface area (Å²) >= 11 is 9.05. The third-order valence-electron chi connectivity index (χ3n) is 3.10. The molecule has 1 aliphatic heterocycles. The topological polar surface area (TPSA) is 67.4 Å². The number of ether oxygens (including phenoxy) is 1. The monoisotopic (exact) mass is 372 g/mol. The molecule has 2 rings (SSSR count). The van der Waals surface area contributed by atoms with Gasteiger partial charge in [0.15, 0.2) is 0 Å². The van der Waals surface area contributed by atoms with E-state index in [9.17, 15) is 9.59 Å². The molecular formula is C14H14BrClN2O3. The van der Waals surface area contributed by atoms with Gasteiger partial charge in [-0.1, -0.05) is 39.7 Å². The quantitative estimate of drug-likeness (QED) is 0.800. The first-order chi connectivity index (χ1) is 10.1. The SMILES string of the molecule is CCOC(=O)[C@H]1/C(=C\Br)NC(=O)N[C@H]1c1ccc(Cl)cc1. The molecule has 0 aromatic heterocycles. The van der Waals surface area contributed by atoms with Gasteiger partial charge in [0.05, 0.1) is 12.6 Å². The molecule has 1 saturated heterocycles. The van der Waals surface area contributed by atoms with Crippen molar-refractivity contribution in [1.29, 1.82) is 0 Å². The van der Waals surface area contributed by atoms with Crippen LogP contribution in [0.1, 0.15) is 18.5 Å². The van der Waals surface area contributed by atoms with Gasteiger partial charge in [0.2, 0.25) is 0 Å². The van der Waals surface area contributed by atoms with Crippen molar-refractivity contribution in [3.05, 3.63) is 45.5 Å². The Kier molecular flexibility index (Phi) is 5.25. The average molecular weight is 374 g/mol. The lowest BCUT2D eigenvalue weighted by molar-refractivity contribution is -0.147. The lowest BCUT2D eigenvalue weighted by atomic mass is 9.89. The summed E-state index contributed by atoms with van der Waals surface area (Å²) in [5, 5.41) is 5.94. The summed E-state index contributed by atoms with van der Waals surface area (Å²) in [6.45, 7) is 2.01. The number of nitrogens with one attached hydrogen (secondary N) is 2. The van der Waals surface area contributed by atoms with Crippen LogP contribution in [0.3, 0.4) is 0 Å². The Morgan fingerprint density at radius 2 is 2.10 bits per heavy atom. The summed E-state index contributed by atoms with van der Waals surface area (Å²) in [6, 6.07) is 6.09. The van der Waals surface area contributed by atoms with E-state index in [2.05, 4.69) is 26.6 Å². The van der Waals surface area contributed by atoms with Crippen molar-refractivity contribution in [3.8, 4) is 0 Å². The minimum Gasteiger partial charge on any atom is -0.465 e. The normalized spacial score (nSPS) is 23.4. The van der Waals surface area contributed by atoms with Gasteiger partial charge in [-0.25, -0.2) is 4.79 Å². The fraction of sp³-hybridized carbons (Fsp3) is 0.286. The van der Waals surface area contributed by atoms with Crippen LogP contribution in [0.25, 0.3) is 0 Å². The van der Waals surface area contributed by atoms with Crippen molar-refractivity contribution in [2.45, 2.75) is 13.0 Å². The molecule has 1 aromatic carbocycles. The third-order valence-corrected chi connectivity index (χ3v) is 3.85. The number of rotatable bonds is 3. The smallest absolute Gasteiger partial charge is 0.319 e. The van der Waals surface area contributed by atoms with E-state index in [0.29, 0.717) is 10.7 Å². The Bertz CT molecular complexity index is 574. The average Bonchev–Trinajstić information content (AvgIpc) is 2.47. The molecule has 0 bridgehead atoms. The highest BCUT2D eigenvalue weighted by molar-refractivity contribution is 9.11. The number of carbonyl (C=O) groups is 2. The van der Waals surface area contributed by atoms with Crippen LogP contribution >= 0.6 is 27.5 Å². The van der Waals surface area contributed by atoms with Crippen LogP contribution in [-0.2, 0) is 9.53 Å². The molecule has 112 valence electrons. The van der Waals surface area contributed by atoms with E-state index >= 15 is 0 Å². The molecule has 2 N–H and O–H groups in total. The summed E-state index contributed by atoms with van der Waals surface area (Å²) < 4.78 is 5.11. The Morgan fingerprint density at radius 3 is 2.67 bits per heavy atom. The van der Waals surface area contributed by atoms with E-state index in [1.54, 1.807) is 31.2 Å². The van der Waals surface area contributed by atoms with E-state index in [4.69, 9.17) is 16.3 Å². The number of hydrogen-bond donors (Lipinski definition) is 2. The number of benzene rings is 1. The van der Waals surface area contributed by atoms with Crippen molar-refractivity contribution in [2.24, 2.45) is 5.92 Å². The van der Waals surface area contributed by atoms with Gasteiger partial charge in [0, 0.05) is 15.7 Å². The second-order valence-electron chi connectivity index (χ2n) is 4.42. The zero-order chi connectivity index (χ0) is 15.4. The summed E-state index contributed by atoms with van der Waals surface area (Å²) in [5.41, 5.74) is 1.23. The van der Waals surface area contributed by atoms with Crippen LogP contribution in [0, 0.1) is 5.92 Å². The number of urea groups is 1. The van der Waals surface area contributed by atoms with Crippen LogP contribution in [-0.4, -0.2) is 18.6 Å². The number of amides is 2. The highest BCUT2D eigenvalue weighted by atomic mass is 79.9. The molecule has 2 amide bonds. The predicted octanol–water partition coefficient (Wildman–Crippen LogP) is 3.11. The minimum atomic E-state index is -0.650. The maximum absolute atomic E-state index is 12.2. The molecule has 21 heavy (non-hydrogen) atoms. The molecule has 1 aromatic rings. The molecule has 0 saturated carbocycles. The maximum atomic E-state index is 12.2. The molecule has 0 radical (unpaired) electrons. The van der Waals surface area contributed by atoms with Gasteiger partial charge in [-0.15, -0.1) is 0 Å². The molecule has 0 aliphatic carbocycles. The van der Waals surface area contributed by atoms with Gasteiger partial charge in [-0.2, -0.15) is 0 Å². The van der Waals surface area contributed by atoms with Crippen molar-refractivity contribution in [2.75, 3.05) is 6.61 Å². The van der Waals surface area contributed by atoms with E-state index in [1.165, 1.54) is 4.99 Å². The van der Waals surface area contributed by atoms with Crippen LogP contribution in [0.5, 0.6) is 0 Å². The molecule has 1 fully saturated rings. The second kappa shape index (κ2) is 6.95. The predicted molar refractivity (Wildman–Crippen MR) is 83.0 cm³/mol. The van der Waals surface area contributed by atoms with Crippen LogP contribution in [0.15, 0.2) is 34.9 Å². The highest BCUT2D eigenvalue weighted by Crippen LogP contribution is 2.32. The zero-order valence-corrected chi connectivity index (χ0v) is 13.6. The first-order valence-electron chi connectivity index (χ1n) is 6.36. The molecule has 0 spiro atoms. The van der Waals surface area contributed by atoms with E-state index in [1.807, 2.05) is 0 Å². The fourth-order valence-electron chi connectivity index (χ4n) is 2.19. The van der Waals surface area contributed by atoms with Gasteiger partial charge < -0.3 is 15.4 Å². The van der Waals surface area contributed by atoms with Gasteiger partial charge in [0.1, 0.15) is 5.92 Å². The van der Waals surface area contributed by atoms with Crippen molar-refractivity contribution in [3.63, 3.8) is 0 Å². The number of esters is 1. The number of halogens is 2. The molecule has 1 aliphatic rings. The first-order valence-corrected chi connectivity index (χ1v) is 7.66. The van der Waals surface area contributed by atoms with Crippen LogP contribution in [0.4, 0.5) is 4.79 Å². The van der Waals surface area contributed by atoms with Crippen LogP contribution in [0.2, 0.25) is 5.02 Å². The van der Waals surface area contributed by atoms with Crippen molar-refractivity contribution in [1.82, 2.24) is 10.6 Å². The molecule has 7 heteroatoms. The fourth-order valence-corrected chi connectivity index (χ4v) is 2.71. The highest BCUT2D eigenvalue weighted by Gasteiger charge is 2.39. The van der Waals surface area contributed by atoms with E-state index in [0.717, 1.165) is 5.56 Å². The van der Waals surface area contributed by atoms with Crippen molar-refractivity contribution < 1.29 is 14.3 Å². The van der Waals surface area contributed by atoms with Gasteiger partial charge >= 0.3 is 12.0 Å². The number of hydrogen-bond acceptors (Lipinski definition) is 3. The summed E-state index contributed by atoms with van der Waals surface area (Å²) in [4.78, 5) is 25.5. The molecular weight excluding hydrogens is 360 g/mol. The maximum Gasteiger partial charge on any atom is 0.319 e. The molecule has 2 atom stereocenters. The Morgan fingerprint density at radius 1 is 1.43 bits per heavy atom. The van der Waals surface area contributed by atoms with Gasteiger partial charge in [-0.3, -0.25) is 4.79 Å². The van der Waals surface area contributed by atoms with E-state index in [-0.39, 0.29) is 12.6 Å². The Labute approximate surface area is 135 Å².